The van der Waals surface area contributed by atoms with Gasteiger partial charge in [-0.3, -0.25) is 14.9 Å². The van der Waals surface area contributed by atoms with Crippen LogP contribution in [-0.2, 0) is 9.59 Å². The highest BCUT2D eigenvalue weighted by atomic mass is 16.2. The average molecular weight is 338 g/mol. The van der Waals surface area contributed by atoms with E-state index < -0.39 is 5.92 Å². The highest BCUT2D eigenvalue weighted by Gasteiger charge is 2.35. The Hall–Kier alpha value is -2.76. The van der Waals surface area contributed by atoms with Gasteiger partial charge >= 0.3 is 0 Å². The van der Waals surface area contributed by atoms with Gasteiger partial charge in [-0.2, -0.15) is 0 Å². The van der Waals surface area contributed by atoms with Gasteiger partial charge in [0.1, 0.15) is 0 Å². The molecule has 1 aliphatic rings. The zero-order valence-corrected chi connectivity index (χ0v) is 15.0. The lowest BCUT2D eigenvalue weighted by atomic mass is 10.1. The summed E-state index contributed by atoms with van der Waals surface area (Å²) in [6.07, 6.45) is 0.198. The number of aryl methyl sites for hydroxylation is 4. The first-order valence-corrected chi connectivity index (χ1v) is 8.33. The number of benzene rings is 1. The fourth-order valence-corrected chi connectivity index (χ4v) is 3.23. The zero-order chi connectivity index (χ0) is 18.1. The summed E-state index contributed by atoms with van der Waals surface area (Å²) in [7, 11) is 0. The van der Waals surface area contributed by atoms with Crippen molar-refractivity contribution in [3.63, 3.8) is 0 Å². The molecule has 1 unspecified atom stereocenters. The van der Waals surface area contributed by atoms with Crippen LogP contribution in [0.1, 0.15) is 28.9 Å². The van der Waals surface area contributed by atoms with E-state index in [0.29, 0.717) is 12.5 Å². The molecule has 0 bridgehead atoms. The van der Waals surface area contributed by atoms with Crippen molar-refractivity contribution >= 4 is 23.5 Å². The number of hydrogen-bond donors (Lipinski definition) is 1. The van der Waals surface area contributed by atoms with Crippen LogP contribution in [0.5, 0.6) is 0 Å². The number of hydrogen-bond acceptors (Lipinski definition) is 4. The second-order valence-corrected chi connectivity index (χ2v) is 6.71. The molecule has 1 N–H and O–H groups in total. The number of nitrogens with one attached hydrogen (secondary N) is 1. The molecule has 0 spiro atoms. The molecule has 0 radical (unpaired) electrons. The summed E-state index contributed by atoms with van der Waals surface area (Å²) in [6.45, 7) is 8.08. The Morgan fingerprint density at radius 2 is 1.64 bits per heavy atom. The van der Waals surface area contributed by atoms with E-state index >= 15 is 0 Å². The van der Waals surface area contributed by atoms with Crippen molar-refractivity contribution in [2.24, 2.45) is 5.92 Å². The minimum atomic E-state index is -0.405. The van der Waals surface area contributed by atoms with E-state index in [2.05, 4.69) is 21.4 Å². The maximum absolute atomic E-state index is 12.5. The third kappa shape index (κ3) is 3.84. The molecule has 0 saturated carbocycles. The monoisotopic (exact) mass is 338 g/mol. The Balaban J connectivity index is 1.74. The fourth-order valence-electron chi connectivity index (χ4n) is 3.23. The van der Waals surface area contributed by atoms with Gasteiger partial charge in [0, 0.05) is 30.0 Å². The third-order valence-corrected chi connectivity index (χ3v) is 4.23. The van der Waals surface area contributed by atoms with Gasteiger partial charge in [0.15, 0.2) is 0 Å². The topological polar surface area (TPSA) is 75.2 Å². The largest absolute Gasteiger partial charge is 0.312 e. The maximum Gasteiger partial charge on any atom is 0.232 e. The van der Waals surface area contributed by atoms with Gasteiger partial charge < -0.3 is 4.90 Å². The van der Waals surface area contributed by atoms with Crippen molar-refractivity contribution in [2.45, 2.75) is 34.1 Å². The number of anilines is 2. The van der Waals surface area contributed by atoms with Gasteiger partial charge in [-0.1, -0.05) is 6.07 Å². The molecule has 25 heavy (non-hydrogen) atoms. The Kier molecular flexibility index (Phi) is 4.53. The average Bonchev–Trinajstić information content (AvgIpc) is 2.87. The molecule has 1 aromatic heterocycles. The molecule has 1 saturated heterocycles. The molecule has 1 aliphatic heterocycles. The smallest absolute Gasteiger partial charge is 0.232 e. The van der Waals surface area contributed by atoms with E-state index in [1.165, 1.54) is 0 Å². The first kappa shape index (κ1) is 17.1. The van der Waals surface area contributed by atoms with Gasteiger partial charge in [-0.05, 0) is 57.0 Å². The van der Waals surface area contributed by atoms with Crippen molar-refractivity contribution in [1.29, 1.82) is 0 Å². The Bertz CT molecular complexity index is 807. The molecule has 6 heteroatoms. The second kappa shape index (κ2) is 6.63. The summed E-state index contributed by atoms with van der Waals surface area (Å²) >= 11 is 0. The lowest BCUT2D eigenvalue weighted by Crippen LogP contribution is -2.28. The lowest BCUT2D eigenvalue weighted by Gasteiger charge is -2.18. The first-order valence-electron chi connectivity index (χ1n) is 8.33. The van der Waals surface area contributed by atoms with Crippen molar-refractivity contribution in [3.8, 4) is 0 Å². The van der Waals surface area contributed by atoms with Gasteiger partial charge in [0.2, 0.25) is 17.8 Å². The summed E-state index contributed by atoms with van der Waals surface area (Å²) < 4.78 is 0. The van der Waals surface area contributed by atoms with Crippen LogP contribution in [0.4, 0.5) is 11.6 Å². The molecular formula is C19H22N4O2. The molecule has 2 amide bonds. The summed E-state index contributed by atoms with van der Waals surface area (Å²) in [5.41, 5.74) is 4.63. The standard InChI is InChI=1S/C19H22N4O2/c1-11-5-12(2)7-16(6-11)23-10-15(9-17(23)24)18(25)22-19-20-13(3)8-14(4)21-19/h5-8,15H,9-10H2,1-4H3,(H,20,21,22,25). The van der Waals surface area contributed by atoms with Gasteiger partial charge in [0.05, 0.1) is 5.92 Å². The van der Waals surface area contributed by atoms with Gasteiger partial charge in [-0.15, -0.1) is 0 Å². The molecular weight excluding hydrogens is 316 g/mol. The van der Waals surface area contributed by atoms with Crippen LogP contribution in [0.3, 0.4) is 0 Å². The summed E-state index contributed by atoms with van der Waals surface area (Å²) in [6, 6.07) is 7.85. The predicted octanol–water partition coefficient (Wildman–Crippen LogP) is 2.70. The van der Waals surface area contributed by atoms with Crippen LogP contribution in [0.2, 0.25) is 0 Å². The van der Waals surface area contributed by atoms with Crippen LogP contribution in [-0.4, -0.2) is 28.3 Å². The number of amides is 2. The molecule has 3 rings (SSSR count). The van der Waals surface area contributed by atoms with Crippen molar-refractivity contribution in [3.05, 3.63) is 46.8 Å². The molecule has 130 valence electrons. The van der Waals surface area contributed by atoms with E-state index in [-0.39, 0.29) is 18.2 Å². The van der Waals surface area contributed by atoms with Crippen LogP contribution < -0.4 is 10.2 Å². The number of carbonyl (C=O) groups excluding carboxylic acids is 2. The van der Waals surface area contributed by atoms with E-state index in [4.69, 9.17) is 0 Å². The third-order valence-electron chi connectivity index (χ3n) is 4.23. The van der Waals surface area contributed by atoms with Crippen molar-refractivity contribution in [2.75, 3.05) is 16.8 Å². The maximum atomic E-state index is 12.5. The van der Waals surface area contributed by atoms with Crippen LogP contribution in [0.25, 0.3) is 0 Å². The van der Waals surface area contributed by atoms with Crippen molar-refractivity contribution < 1.29 is 9.59 Å². The van der Waals surface area contributed by atoms with Crippen LogP contribution in [0, 0.1) is 33.6 Å². The summed E-state index contributed by atoms with van der Waals surface area (Å²) in [5.74, 6) is -0.366. The SMILES string of the molecule is Cc1cc(C)cc(N2CC(C(=O)Nc3nc(C)cc(C)n3)CC2=O)c1. The van der Waals surface area contributed by atoms with Gasteiger partial charge in [-0.25, -0.2) is 9.97 Å². The van der Waals surface area contributed by atoms with Crippen LogP contribution >= 0.6 is 0 Å². The molecule has 2 heterocycles. The number of aromatic nitrogens is 2. The number of nitrogens with zero attached hydrogens (tertiary/aromatic N) is 3. The minimum Gasteiger partial charge on any atom is -0.312 e. The lowest BCUT2D eigenvalue weighted by molar-refractivity contribution is -0.122. The van der Waals surface area contributed by atoms with Gasteiger partial charge in [0.25, 0.3) is 0 Å². The van der Waals surface area contributed by atoms with E-state index in [1.54, 1.807) is 4.90 Å². The minimum absolute atomic E-state index is 0.0357. The zero-order valence-electron chi connectivity index (χ0n) is 15.0. The Labute approximate surface area is 147 Å². The molecule has 1 atom stereocenters. The van der Waals surface area contributed by atoms with E-state index in [1.807, 2.05) is 45.9 Å². The highest BCUT2D eigenvalue weighted by molar-refractivity contribution is 6.03. The fraction of sp³-hybridized carbons (Fsp3) is 0.368. The number of carbonyl (C=O) groups is 2. The second-order valence-electron chi connectivity index (χ2n) is 6.71. The molecule has 1 aromatic carbocycles. The van der Waals surface area contributed by atoms with E-state index in [9.17, 15) is 9.59 Å². The molecule has 6 nitrogen and oxygen atoms in total. The molecule has 1 fully saturated rings. The first-order chi connectivity index (χ1) is 11.8. The predicted molar refractivity (Wildman–Crippen MR) is 96.5 cm³/mol. The normalized spacial score (nSPS) is 17.0. The summed E-state index contributed by atoms with van der Waals surface area (Å²) in [5, 5.41) is 2.74. The molecule has 0 aliphatic carbocycles. The Morgan fingerprint density at radius 3 is 2.24 bits per heavy atom. The van der Waals surface area contributed by atoms with Crippen LogP contribution in [0.15, 0.2) is 24.3 Å². The molecule has 2 aromatic rings. The van der Waals surface area contributed by atoms with E-state index in [0.717, 1.165) is 28.2 Å². The summed E-state index contributed by atoms with van der Waals surface area (Å²) in [4.78, 5) is 35.0. The Morgan fingerprint density at radius 1 is 1.04 bits per heavy atom. The highest BCUT2D eigenvalue weighted by Crippen LogP contribution is 2.27. The number of rotatable bonds is 3. The quantitative estimate of drug-likeness (QED) is 0.934. The van der Waals surface area contributed by atoms with Crippen molar-refractivity contribution in [1.82, 2.24) is 9.97 Å².